The van der Waals surface area contributed by atoms with E-state index in [2.05, 4.69) is 10.2 Å². The van der Waals surface area contributed by atoms with Crippen LogP contribution in [0.5, 0.6) is 5.75 Å². The van der Waals surface area contributed by atoms with Crippen molar-refractivity contribution >= 4 is 17.8 Å². The molecule has 0 aliphatic heterocycles. The first-order chi connectivity index (χ1) is 12.1. The number of nitro groups is 1. The Labute approximate surface area is 144 Å². The zero-order chi connectivity index (χ0) is 17.8. The van der Waals surface area contributed by atoms with Gasteiger partial charge in [-0.05, 0) is 30.4 Å². The third-order valence-corrected chi connectivity index (χ3v) is 3.80. The van der Waals surface area contributed by atoms with Crippen molar-refractivity contribution in [3.63, 3.8) is 0 Å². The van der Waals surface area contributed by atoms with Gasteiger partial charge < -0.3 is 9.30 Å². The van der Waals surface area contributed by atoms with Gasteiger partial charge in [0.2, 0.25) is 0 Å². The van der Waals surface area contributed by atoms with Gasteiger partial charge in [-0.15, -0.1) is 10.2 Å². The highest BCUT2D eigenvalue weighted by Gasteiger charge is 2.11. The van der Waals surface area contributed by atoms with Crippen molar-refractivity contribution in [3.8, 4) is 17.1 Å². The van der Waals surface area contributed by atoms with Gasteiger partial charge in [-0.2, -0.15) is 0 Å². The molecule has 0 amide bonds. The molecule has 1 heterocycles. The summed E-state index contributed by atoms with van der Waals surface area (Å²) in [5.41, 5.74) is 1.74. The fourth-order valence-corrected chi connectivity index (χ4v) is 2.44. The quantitative estimate of drug-likeness (QED) is 0.525. The molecule has 3 aromatic rings. The van der Waals surface area contributed by atoms with E-state index in [0.717, 1.165) is 16.9 Å². The predicted molar refractivity (Wildman–Crippen MR) is 95.0 cm³/mol. The van der Waals surface area contributed by atoms with Crippen molar-refractivity contribution < 1.29 is 9.66 Å². The maximum Gasteiger partial charge on any atom is 0.269 e. The summed E-state index contributed by atoms with van der Waals surface area (Å²) in [6.07, 6.45) is 3.75. The summed E-state index contributed by atoms with van der Waals surface area (Å²) in [6.45, 7) is 0. The number of para-hydroxylation sites is 1. The molecule has 0 saturated carbocycles. The number of rotatable bonds is 5. The number of ether oxygens (including phenoxy) is 1. The fourth-order valence-electron chi connectivity index (χ4n) is 2.44. The monoisotopic (exact) mass is 336 g/mol. The molecule has 0 N–H and O–H groups in total. The van der Waals surface area contributed by atoms with Gasteiger partial charge in [0.15, 0.2) is 11.6 Å². The zero-order valence-electron chi connectivity index (χ0n) is 13.8. The van der Waals surface area contributed by atoms with Crippen molar-refractivity contribution in [1.29, 1.82) is 0 Å². The second-order valence-electron chi connectivity index (χ2n) is 5.32. The minimum atomic E-state index is -0.429. The van der Waals surface area contributed by atoms with Crippen LogP contribution in [-0.2, 0) is 7.05 Å². The van der Waals surface area contributed by atoms with E-state index in [0.29, 0.717) is 11.6 Å². The average molecular weight is 336 g/mol. The topological polar surface area (TPSA) is 83.1 Å². The van der Waals surface area contributed by atoms with E-state index in [1.807, 2.05) is 48.0 Å². The number of hydrogen-bond donors (Lipinski definition) is 0. The van der Waals surface area contributed by atoms with E-state index < -0.39 is 4.92 Å². The van der Waals surface area contributed by atoms with E-state index in [1.54, 1.807) is 19.2 Å². The molecule has 2 aromatic carbocycles. The molecule has 0 unspecified atom stereocenters. The maximum atomic E-state index is 10.7. The van der Waals surface area contributed by atoms with Gasteiger partial charge in [-0.3, -0.25) is 10.1 Å². The molecule has 0 spiro atoms. The summed E-state index contributed by atoms with van der Waals surface area (Å²) in [5, 5.41) is 19.1. The van der Waals surface area contributed by atoms with Gasteiger partial charge in [0.25, 0.3) is 5.69 Å². The second-order valence-corrected chi connectivity index (χ2v) is 5.32. The van der Waals surface area contributed by atoms with Crippen LogP contribution < -0.4 is 4.74 Å². The Bertz CT molecular complexity index is 930. The Balaban J connectivity index is 1.88. The Morgan fingerprint density at radius 3 is 2.48 bits per heavy atom. The highest BCUT2D eigenvalue weighted by atomic mass is 16.6. The molecule has 3 rings (SSSR count). The largest absolute Gasteiger partial charge is 0.496 e. The van der Waals surface area contributed by atoms with Crippen LogP contribution >= 0.6 is 0 Å². The number of nitrogens with zero attached hydrogens (tertiary/aromatic N) is 4. The first kappa shape index (κ1) is 16.4. The van der Waals surface area contributed by atoms with E-state index in [9.17, 15) is 10.1 Å². The van der Waals surface area contributed by atoms with Crippen LogP contribution in [0.25, 0.3) is 23.5 Å². The summed E-state index contributed by atoms with van der Waals surface area (Å²) in [7, 11) is 3.47. The summed E-state index contributed by atoms with van der Waals surface area (Å²) in [5.74, 6) is 2.07. The molecule has 7 heteroatoms. The number of non-ortho nitro benzene ring substituents is 1. The maximum absolute atomic E-state index is 10.7. The number of aromatic nitrogens is 3. The van der Waals surface area contributed by atoms with Gasteiger partial charge in [0, 0.05) is 30.3 Å². The molecule has 0 aliphatic rings. The molecule has 0 atom stereocenters. The van der Waals surface area contributed by atoms with E-state index in [4.69, 9.17) is 4.74 Å². The predicted octanol–water partition coefficient (Wildman–Crippen LogP) is 3.57. The lowest BCUT2D eigenvalue weighted by Gasteiger charge is -2.04. The van der Waals surface area contributed by atoms with E-state index in [-0.39, 0.29) is 5.69 Å². The molecule has 126 valence electrons. The minimum absolute atomic E-state index is 0.0437. The Morgan fingerprint density at radius 1 is 1.08 bits per heavy atom. The van der Waals surface area contributed by atoms with Crippen LogP contribution in [0, 0.1) is 10.1 Å². The first-order valence-corrected chi connectivity index (χ1v) is 7.55. The summed E-state index contributed by atoms with van der Waals surface area (Å²) < 4.78 is 7.15. The molecular formula is C18H16N4O3. The zero-order valence-corrected chi connectivity index (χ0v) is 13.8. The molecule has 0 aliphatic carbocycles. The van der Waals surface area contributed by atoms with Crippen LogP contribution in [0.15, 0.2) is 48.5 Å². The normalized spacial score (nSPS) is 11.0. The third-order valence-electron chi connectivity index (χ3n) is 3.80. The molecular weight excluding hydrogens is 320 g/mol. The lowest BCUT2D eigenvalue weighted by Crippen LogP contribution is -1.95. The fraction of sp³-hybridized carbons (Fsp3) is 0.111. The van der Waals surface area contributed by atoms with Crippen LogP contribution in [0.3, 0.4) is 0 Å². The van der Waals surface area contributed by atoms with Crippen LogP contribution in [0.2, 0.25) is 0 Å². The van der Waals surface area contributed by atoms with Crippen molar-refractivity contribution in [2.75, 3.05) is 7.11 Å². The number of nitro benzene ring substituents is 1. The lowest BCUT2D eigenvalue weighted by atomic mass is 10.2. The Kier molecular flexibility index (Phi) is 4.56. The molecule has 1 aromatic heterocycles. The van der Waals surface area contributed by atoms with Crippen molar-refractivity contribution in [1.82, 2.24) is 14.8 Å². The second kappa shape index (κ2) is 6.96. The smallest absolute Gasteiger partial charge is 0.269 e. The van der Waals surface area contributed by atoms with Gasteiger partial charge in [0.1, 0.15) is 5.75 Å². The number of methoxy groups -OCH3 is 1. The minimum Gasteiger partial charge on any atom is -0.496 e. The van der Waals surface area contributed by atoms with Crippen LogP contribution in [0.4, 0.5) is 5.69 Å². The Morgan fingerprint density at radius 2 is 1.80 bits per heavy atom. The summed E-state index contributed by atoms with van der Waals surface area (Å²) in [6, 6.07) is 13.9. The molecule has 0 radical (unpaired) electrons. The van der Waals surface area contributed by atoms with Crippen molar-refractivity contribution in [2.45, 2.75) is 0 Å². The molecule has 0 saturated heterocycles. The molecule has 0 bridgehead atoms. The highest BCUT2D eigenvalue weighted by molar-refractivity contribution is 5.71. The van der Waals surface area contributed by atoms with Crippen molar-refractivity contribution in [2.24, 2.45) is 7.05 Å². The van der Waals surface area contributed by atoms with Crippen molar-refractivity contribution in [3.05, 3.63) is 70.0 Å². The number of hydrogen-bond acceptors (Lipinski definition) is 5. The lowest BCUT2D eigenvalue weighted by molar-refractivity contribution is -0.384. The van der Waals surface area contributed by atoms with Gasteiger partial charge in [-0.1, -0.05) is 18.2 Å². The number of benzene rings is 2. The van der Waals surface area contributed by atoms with Crippen LogP contribution in [0.1, 0.15) is 11.4 Å². The molecule has 25 heavy (non-hydrogen) atoms. The molecule has 7 nitrogen and oxygen atoms in total. The average Bonchev–Trinajstić information content (AvgIpc) is 3.01. The Hall–Kier alpha value is -3.48. The standard InChI is InChI=1S/C18H16N4O3/c1-21-17(12-9-13-5-3-4-6-16(13)25-2)19-20-18(21)14-7-10-15(11-8-14)22(23)24/h3-12H,1-2H3/b12-9+. The van der Waals surface area contributed by atoms with Gasteiger partial charge in [0.05, 0.1) is 12.0 Å². The van der Waals surface area contributed by atoms with E-state index >= 15 is 0 Å². The molecule has 0 fully saturated rings. The summed E-state index contributed by atoms with van der Waals surface area (Å²) in [4.78, 5) is 10.3. The SMILES string of the molecule is COc1ccccc1/C=C/c1nnc(-c2ccc([N+](=O)[O-])cc2)n1C. The van der Waals surface area contributed by atoms with E-state index in [1.165, 1.54) is 12.1 Å². The van der Waals surface area contributed by atoms with Gasteiger partial charge >= 0.3 is 0 Å². The van der Waals surface area contributed by atoms with Crippen LogP contribution in [-0.4, -0.2) is 26.8 Å². The third kappa shape index (κ3) is 3.40. The summed E-state index contributed by atoms with van der Waals surface area (Å²) >= 11 is 0. The highest BCUT2D eigenvalue weighted by Crippen LogP contribution is 2.23. The van der Waals surface area contributed by atoms with Gasteiger partial charge in [-0.25, -0.2) is 0 Å². The first-order valence-electron chi connectivity index (χ1n) is 7.55.